The molecule has 0 bridgehead atoms. The van der Waals surface area contributed by atoms with Gasteiger partial charge < -0.3 is 10.1 Å². The van der Waals surface area contributed by atoms with Crippen molar-refractivity contribution in [3.05, 3.63) is 11.8 Å². The molecule has 0 radical (unpaired) electrons. The highest BCUT2D eigenvalue weighted by Crippen LogP contribution is 2.14. The lowest BCUT2D eigenvalue weighted by atomic mass is 9.99. The smallest absolute Gasteiger partial charge is 0.232 e. The van der Waals surface area contributed by atoms with Crippen LogP contribution >= 0.6 is 0 Å². The third-order valence-electron chi connectivity index (χ3n) is 2.94. The van der Waals surface area contributed by atoms with Crippen LogP contribution in [-0.2, 0) is 4.79 Å². The summed E-state index contributed by atoms with van der Waals surface area (Å²) in [6.07, 6.45) is 1.93. The summed E-state index contributed by atoms with van der Waals surface area (Å²) in [7, 11) is 1.54. The molecule has 1 aromatic rings. The molecule has 0 spiro atoms. The van der Waals surface area contributed by atoms with E-state index in [4.69, 9.17) is 4.74 Å². The molecule has 1 atom stereocenters. The van der Waals surface area contributed by atoms with Gasteiger partial charge in [0, 0.05) is 18.3 Å². The fourth-order valence-electron chi connectivity index (χ4n) is 1.99. The van der Waals surface area contributed by atoms with E-state index in [0.717, 1.165) is 31.6 Å². The molecule has 1 aliphatic rings. The second-order valence-electron chi connectivity index (χ2n) is 4.41. The first-order valence-electron chi connectivity index (χ1n) is 6.10. The van der Waals surface area contributed by atoms with Crippen molar-refractivity contribution < 1.29 is 9.53 Å². The van der Waals surface area contributed by atoms with Crippen molar-refractivity contribution in [1.29, 1.82) is 0 Å². The summed E-state index contributed by atoms with van der Waals surface area (Å²) in [5.74, 6) is 0.728. The normalized spacial score (nSPS) is 19.3. The lowest BCUT2D eigenvalue weighted by Crippen LogP contribution is -2.37. The Labute approximate surface area is 106 Å². The highest BCUT2D eigenvalue weighted by molar-refractivity contribution is 5.91. The van der Waals surface area contributed by atoms with Crippen LogP contribution in [0.1, 0.15) is 18.5 Å². The Morgan fingerprint density at radius 1 is 1.56 bits per heavy atom. The van der Waals surface area contributed by atoms with Crippen molar-refractivity contribution in [3.8, 4) is 5.88 Å². The first kappa shape index (κ1) is 12.8. The van der Waals surface area contributed by atoms with E-state index in [-0.39, 0.29) is 11.8 Å². The molecule has 1 aromatic heterocycles. The fourth-order valence-corrected chi connectivity index (χ4v) is 1.99. The first-order chi connectivity index (χ1) is 8.69. The molecule has 1 amide bonds. The number of nitrogens with zero attached hydrogens (tertiary/aromatic N) is 2. The monoisotopic (exact) mass is 250 g/mol. The van der Waals surface area contributed by atoms with Gasteiger partial charge in [0.2, 0.25) is 17.7 Å². The zero-order valence-electron chi connectivity index (χ0n) is 10.7. The maximum absolute atomic E-state index is 12.0. The maximum Gasteiger partial charge on any atom is 0.232 e. The molecule has 0 aliphatic carbocycles. The van der Waals surface area contributed by atoms with Crippen LogP contribution in [-0.4, -0.2) is 36.1 Å². The van der Waals surface area contributed by atoms with Gasteiger partial charge in [0.1, 0.15) is 0 Å². The van der Waals surface area contributed by atoms with Gasteiger partial charge in [0.15, 0.2) is 0 Å². The van der Waals surface area contributed by atoms with E-state index in [1.165, 1.54) is 0 Å². The van der Waals surface area contributed by atoms with Gasteiger partial charge in [-0.2, -0.15) is 4.98 Å². The Morgan fingerprint density at radius 3 is 3.06 bits per heavy atom. The quantitative estimate of drug-likeness (QED) is 0.827. The van der Waals surface area contributed by atoms with Gasteiger partial charge in [-0.05, 0) is 26.3 Å². The Bertz CT molecular complexity index is 430. The Kier molecular flexibility index (Phi) is 4.09. The van der Waals surface area contributed by atoms with Crippen molar-refractivity contribution in [2.75, 3.05) is 25.5 Å². The van der Waals surface area contributed by atoms with Crippen LogP contribution in [0.4, 0.5) is 5.95 Å². The molecular weight excluding hydrogens is 232 g/mol. The second-order valence-corrected chi connectivity index (χ2v) is 4.41. The van der Waals surface area contributed by atoms with E-state index in [1.54, 1.807) is 13.2 Å². The zero-order chi connectivity index (χ0) is 13.0. The van der Waals surface area contributed by atoms with E-state index in [1.807, 2.05) is 6.92 Å². The van der Waals surface area contributed by atoms with Crippen LogP contribution in [0.3, 0.4) is 0 Å². The fraction of sp³-hybridized carbons (Fsp3) is 0.583. The number of anilines is 1. The molecule has 2 heterocycles. The van der Waals surface area contributed by atoms with Crippen LogP contribution < -0.4 is 15.4 Å². The number of methoxy groups -OCH3 is 1. The number of piperidine rings is 1. The number of aryl methyl sites for hydroxylation is 1. The van der Waals surface area contributed by atoms with Crippen molar-refractivity contribution in [2.45, 2.75) is 19.8 Å². The molecule has 0 aromatic carbocycles. The summed E-state index contributed by atoms with van der Waals surface area (Å²) in [5.41, 5.74) is 0.763. The minimum Gasteiger partial charge on any atom is -0.481 e. The summed E-state index contributed by atoms with van der Waals surface area (Å²) in [5, 5.41) is 5.96. The third-order valence-corrected chi connectivity index (χ3v) is 2.94. The topological polar surface area (TPSA) is 76.1 Å². The van der Waals surface area contributed by atoms with Gasteiger partial charge in [0.25, 0.3) is 0 Å². The number of ether oxygens (including phenoxy) is 1. The summed E-state index contributed by atoms with van der Waals surface area (Å²) >= 11 is 0. The zero-order valence-corrected chi connectivity index (χ0v) is 10.7. The van der Waals surface area contributed by atoms with Crippen molar-refractivity contribution >= 4 is 11.9 Å². The van der Waals surface area contributed by atoms with E-state index >= 15 is 0 Å². The predicted octanol–water partition coefficient (Wildman–Crippen LogP) is 0.732. The largest absolute Gasteiger partial charge is 0.481 e. The van der Waals surface area contributed by atoms with Crippen molar-refractivity contribution in [2.24, 2.45) is 5.92 Å². The molecule has 1 saturated heterocycles. The molecule has 18 heavy (non-hydrogen) atoms. The number of carbonyl (C=O) groups is 1. The highest BCUT2D eigenvalue weighted by Gasteiger charge is 2.21. The average Bonchev–Trinajstić information content (AvgIpc) is 2.39. The molecular formula is C12H18N4O2. The number of aromatic nitrogens is 2. The average molecular weight is 250 g/mol. The van der Waals surface area contributed by atoms with Crippen LogP contribution in [0.15, 0.2) is 6.07 Å². The molecule has 1 unspecified atom stereocenters. The summed E-state index contributed by atoms with van der Waals surface area (Å²) < 4.78 is 5.05. The minimum atomic E-state index is -0.0325. The highest BCUT2D eigenvalue weighted by atomic mass is 16.5. The SMILES string of the molecule is COc1cc(C)nc(NC(=O)C2CCCNC2)n1. The van der Waals surface area contributed by atoms with Gasteiger partial charge >= 0.3 is 0 Å². The maximum atomic E-state index is 12.0. The first-order valence-corrected chi connectivity index (χ1v) is 6.10. The minimum absolute atomic E-state index is 0.00569. The van der Waals surface area contributed by atoms with Gasteiger partial charge in [-0.15, -0.1) is 0 Å². The number of carbonyl (C=O) groups excluding carboxylic acids is 1. The second kappa shape index (κ2) is 5.77. The van der Waals surface area contributed by atoms with Crippen LogP contribution in [0.25, 0.3) is 0 Å². The Morgan fingerprint density at radius 2 is 2.39 bits per heavy atom. The number of rotatable bonds is 3. The number of hydrogen-bond acceptors (Lipinski definition) is 5. The van der Waals surface area contributed by atoms with E-state index in [0.29, 0.717) is 11.8 Å². The van der Waals surface area contributed by atoms with Gasteiger partial charge in [-0.1, -0.05) is 0 Å². The van der Waals surface area contributed by atoms with Gasteiger partial charge in [-0.3, -0.25) is 10.1 Å². The lowest BCUT2D eigenvalue weighted by molar-refractivity contribution is -0.120. The van der Waals surface area contributed by atoms with Crippen molar-refractivity contribution in [3.63, 3.8) is 0 Å². The standard InChI is InChI=1S/C12H18N4O2/c1-8-6-10(18-2)15-12(14-8)16-11(17)9-4-3-5-13-7-9/h6,9,13H,3-5,7H2,1-2H3,(H,14,15,16,17). The predicted molar refractivity (Wildman–Crippen MR) is 67.5 cm³/mol. The van der Waals surface area contributed by atoms with E-state index in [9.17, 15) is 4.79 Å². The van der Waals surface area contributed by atoms with Crippen LogP contribution in [0, 0.1) is 12.8 Å². The van der Waals surface area contributed by atoms with E-state index in [2.05, 4.69) is 20.6 Å². The Balaban J connectivity index is 2.03. The molecule has 98 valence electrons. The van der Waals surface area contributed by atoms with Gasteiger partial charge in [-0.25, -0.2) is 4.98 Å². The summed E-state index contributed by atoms with van der Waals surface area (Å²) in [6.45, 7) is 3.54. The van der Waals surface area contributed by atoms with Crippen molar-refractivity contribution in [1.82, 2.24) is 15.3 Å². The van der Waals surface area contributed by atoms with Crippen LogP contribution in [0.2, 0.25) is 0 Å². The molecule has 2 N–H and O–H groups in total. The summed E-state index contributed by atoms with van der Waals surface area (Å²) in [4.78, 5) is 20.3. The van der Waals surface area contributed by atoms with Gasteiger partial charge in [0.05, 0.1) is 13.0 Å². The summed E-state index contributed by atoms with van der Waals surface area (Å²) in [6, 6.07) is 1.72. The van der Waals surface area contributed by atoms with E-state index < -0.39 is 0 Å². The molecule has 1 fully saturated rings. The molecule has 6 nitrogen and oxygen atoms in total. The number of hydrogen-bond donors (Lipinski definition) is 2. The number of amides is 1. The molecule has 1 aliphatic heterocycles. The molecule has 6 heteroatoms. The lowest BCUT2D eigenvalue weighted by Gasteiger charge is -2.21. The van der Waals surface area contributed by atoms with Crippen LogP contribution in [0.5, 0.6) is 5.88 Å². The molecule has 2 rings (SSSR count). The molecule has 0 saturated carbocycles. The number of nitrogens with one attached hydrogen (secondary N) is 2. The third kappa shape index (κ3) is 3.16. The Hall–Kier alpha value is -1.69.